The topological polar surface area (TPSA) is 38.7 Å². The van der Waals surface area contributed by atoms with Crippen LogP contribution in [0, 0.1) is 0 Å². The summed E-state index contributed by atoms with van der Waals surface area (Å²) in [5.74, 6) is 0. The Morgan fingerprint density at radius 1 is 0.957 bits per heavy atom. The lowest BCUT2D eigenvalue weighted by Crippen LogP contribution is -2.39. The normalized spacial score (nSPS) is 24.3. The first-order valence-electron chi connectivity index (χ1n) is 7.86. The highest BCUT2D eigenvalue weighted by molar-refractivity contribution is 5.26. The van der Waals surface area contributed by atoms with E-state index in [0.717, 1.165) is 11.1 Å². The van der Waals surface area contributed by atoms with Crippen LogP contribution in [0.4, 0.5) is 0 Å². The molecule has 1 fully saturated rings. The average Bonchev–Trinajstić information content (AvgIpc) is 3.03. The maximum atomic E-state index is 10.6. The number of aliphatic hydroxyl groups is 1. The lowest BCUT2D eigenvalue weighted by atomic mass is 9.99. The average molecular weight is 310 g/mol. The first kappa shape index (κ1) is 15.9. The Labute approximate surface area is 137 Å². The number of hydrogen-bond donors (Lipinski definition) is 1. The van der Waals surface area contributed by atoms with Crippen molar-refractivity contribution in [3.8, 4) is 0 Å². The maximum absolute atomic E-state index is 10.6. The summed E-state index contributed by atoms with van der Waals surface area (Å²) in [5, 5.41) is 10.6. The van der Waals surface area contributed by atoms with Crippen LogP contribution in [0.5, 0.6) is 0 Å². The third kappa shape index (κ3) is 3.37. The lowest BCUT2D eigenvalue weighted by Gasteiger charge is -2.27. The Morgan fingerprint density at radius 2 is 1.39 bits per heavy atom. The molecule has 23 heavy (non-hydrogen) atoms. The molecule has 3 nitrogen and oxygen atoms in total. The molecule has 0 saturated carbocycles. The van der Waals surface area contributed by atoms with E-state index in [-0.39, 0.29) is 12.2 Å². The molecule has 3 atom stereocenters. The van der Waals surface area contributed by atoms with Gasteiger partial charge in [-0.15, -0.1) is 6.58 Å². The summed E-state index contributed by atoms with van der Waals surface area (Å²) in [6.07, 6.45) is 0.886. The first-order valence-corrected chi connectivity index (χ1v) is 7.86. The second-order valence-corrected chi connectivity index (χ2v) is 6.12. The third-order valence-electron chi connectivity index (χ3n) is 4.14. The standard InChI is InChI=1S/C20H22O3/c1-3-14-20(2,21)19-22-17(15-10-6-4-7-11-15)18(23-19)16-12-8-5-9-13-16/h3-13,17-19,21H,1,14H2,2H3/t17-,18-,20+/m1/s1. The van der Waals surface area contributed by atoms with Crippen molar-refractivity contribution in [2.45, 2.75) is 37.4 Å². The molecule has 1 N–H and O–H groups in total. The highest BCUT2D eigenvalue weighted by atomic mass is 16.7. The summed E-state index contributed by atoms with van der Waals surface area (Å²) >= 11 is 0. The van der Waals surface area contributed by atoms with Gasteiger partial charge in [0.25, 0.3) is 0 Å². The van der Waals surface area contributed by atoms with Gasteiger partial charge in [0.2, 0.25) is 0 Å². The van der Waals surface area contributed by atoms with Crippen LogP contribution in [0.25, 0.3) is 0 Å². The van der Waals surface area contributed by atoms with Gasteiger partial charge in [0.05, 0.1) is 0 Å². The van der Waals surface area contributed by atoms with Crippen LogP contribution < -0.4 is 0 Å². The minimum atomic E-state index is -1.11. The molecular formula is C20H22O3. The van der Waals surface area contributed by atoms with Crippen molar-refractivity contribution in [2.24, 2.45) is 0 Å². The molecule has 0 radical (unpaired) electrons. The van der Waals surface area contributed by atoms with Gasteiger partial charge in [-0.2, -0.15) is 0 Å². The van der Waals surface area contributed by atoms with Gasteiger partial charge in [0, 0.05) is 0 Å². The van der Waals surface area contributed by atoms with E-state index in [2.05, 4.69) is 6.58 Å². The van der Waals surface area contributed by atoms with E-state index in [1.165, 1.54) is 0 Å². The number of hydrogen-bond acceptors (Lipinski definition) is 3. The Balaban J connectivity index is 1.93. The molecule has 0 aromatic heterocycles. The van der Waals surface area contributed by atoms with Crippen molar-refractivity contribution in [1.82, 2.24) is 0 Å². The van der Waals surface area contributed by atoms with Gasteiger partial charge in [-0.25, -0.2) is 0 Å². The predicted molar refractivity (Wildman–Crippen MR) is 89.8 cm³/mol. The van der Waals surface area contributed by atoms with Gasteiger partial charge < -0.3 is 14.6 Å². The first-order chi connectivity index (χ1) is 11.1. The minimum Gasteiger partial charge on any atom is -0.385 e. The molecule has 1 aliphatic rings. The van der Waals surface area contributed by atoms with Crippen LogP contribution in [0.2, 0.25) is 0 Å². The number of benzene rings is 2. The zero-order chi connectivity index (χ0) is 16.3. The molecule has 1 aliphatic heterocycles. The van der Waals surface area contributed by atoms with Gasteiger partial charge in [-0.05, 0) is 24.5 Å². The third-order valence-corrected chi connectivity index (χ3v) is 4.14. The van der Waals surface area contributed by atoms with E-state index >= 15 is 0 Å². The fourth-order valence-corrected chi connectivity index (χ4v) is 2.91. The van der Waals surface area contributed by atoms with E-state index in [4.69, 9.17) is 9.47 Å². The van der Waals surface area contributed by atoms with Gasteiger partial charge in [-0.3, -0.25) is 0 Å². The van der Waals surface area contributed by atoms with E-state index < -0.39 is 11.9 Å². The number of ether oxygens (including phenoxy) is 2. The smallest absolute Gasteiger partial charge is 0.188 e. The van der Waals surface area contributed by atoms with Crippen LogP contribution in [-0.2, 0) is 9.47 Å². The SMILES string of the molecule is C=CC[C@](C)(O)C1O[C@H](c2ccccc2)[C@@H](c2ccccc2)O1. The molecule has 0 unspecified atom stereocenters. The summed E-state index contributed by atoms with van der Waals surface area (Å²) in [4.78, 5) is 0. The quantitative estimate of drug-likeness (QED) is 0.842. The fraction of sp³-hybridized carbons (Fsp3) is 0.300. The van der Waals surface area contributed by atoms with Crippen LogP contribution in [-0.4, -0.2) is 17.0 Å². The molecule has 3 rings (SSSR count). The molecule has 0 bridgehead atoms. The van der Waals surface area contributed by atoms with Gasteiger partial charge in [0.1, 0.15) is 17.8 Å². The molecule has 2 aromatic carbocycles. The molecule has 0 aliphatic carbocycles. The van der Waals surface area contributed by atoms with E-state index in [9.17, 15) is 5.11 Å². The molecular weight excluding hydrogens is 288 g/mol. The Morgan fingerprint density at radius 3 is 1.78 bits per heavy atom. The van der Waals surface area contributed by atoms with E-state index in [1.807, 2.05) is 60.7 Å². The van der Waals surface area contributed by atoms with Crippen molar-refractivity contribution in [1.29, 1.82) is 0 Å². The monoisotopic (exact) mass is 310 g/mol. The lowest BCUT2D eigenvalue weighted by molar-refractivity contribution is -0.184. The zero-order valence-corrected chi connectivity index (χ0v) is 13.3. The van der Waals surface area contributed by atoms with Gasteiger partial charge in [-0.1, -0.05) is 66.7 Å². The molecule has 2 aromatic rings. The largest absolute Gasteiger partial charge is 0.385 e. The van der Waals surface area contributed by atoms with E-state index in [1.54, 1.807) is 13.0 Å². The van der Waals surface area contributed by atoms with Crippen LogP contribution in [0.3, 0.4) is 0 Å². The van der Waals surface area contributed by atoms with Crippen molar-refractivity contribution < 1.29 is 14.6 Å². The van der Waals surface area contributed by atoms with Crippen LogP contribution in [0.1, 0.15) is 36.7 Å². The molecule has 0 amide bonds. The number of rotatable bonds is 5. The van der Waals surface area contributed by atoms with Crippen molar-refractivity contribution in [3.05, 3.63) is 84.4 Å². The Hall–Kier alpha value is -1.94. The summed E-state index contributed by atoms with van der Waals surface area (Å²) in [6.45, 7) is 5.42. The Bertz CT molecular complexity index is 589. The predicted octanol–water partition coefficient (Wildman–Crippen LogP) is 4.17. The van der Waals surface area contributed by atoms with Crippen LogP contribution >= 0.6 is 0 Å². The summed E-state index contributed by atoms with van der Waals surface area (Å²) in [7, 11) is 0. The molecule has 1 heterocycles. The molecule has 1 saturated heterocycles. The Kier molecular flexibility index (Phi) is 4.62. The van der Waals surface area contributed by atoms with Gasteiger partial charge >= 0.3 is 0 Å². The zero-order valence-electron chi connectivity index (χ0n) is 13.3. The fourth-order valence-electron chi connectivity index (χ4n) is 2.91. The maximum Gasteiger partial charge on any atom is 0.188 e. The van der Waals surface area contributed by atoms with E-state index in [0.29, 0.717) is 6.42 Å². The minimum absolute atomic E-state index is 0.250. The second kappa shape index (κ2) is 6.67. The van der Waals surface area contributed by atoms with Crippen molar-refractivity contribution in [2.75, 3.05) is 0 Å². The summed E-state index contributed by atoms with van der Waals surface area (Å²) in [5.41, 5.74) is 0.967. The molecule has 3 heteroatoms. The highest BCUT2D eigenvalue weighted by Crippen LogP contribution is 2.45. The van der Waals surface area contributed by atoms with Crippen molar-refractivity contribution in [3.63, 3.8) is 0 Å². The van der Waals surface area contributed by atoms with Crippen molar-refractivity contribution >= 4 is 0 Å². The van der Waals surface area contributed by atoms with Gasteiger partial charge in [0.15, 0.2) is 6.29 Å². The summed E-state index contributed by atoms with van der Waals surface area (Å²) < 4.78 is 12.2. The summed E-state index contributed by atoms with van der Waals surface area (Å²) in [6, 6.07) is 20.0. The highest BCUT2D eigenvalue weighted by Gasteiger charge is 2.45. The molecule has 0 spiro atoms. The second-order valence-electron chi connectivity index (χ2n) is 6.12. The molecule has 120 valence electrons. The van der Waals surface area contributed by atoms with Crippen LogP contribution in [0.15, 0.2) is 73.3 Å².